The lowest BCUT2D eigenvalue weighted by Gasteiger charge is -2.34. The molecule has 7 nitrogen and oxygen atoms in total. The minimum absolute atomic E-state index is 0.127. The summed E-state index contributed by atoms with van der Waals surface area (Å²) in [6.07, 6.45) is 7.36. The van der Waals surface area contributed by atoms with Crippen LogP contribution >= 0.6 is 15.9 Å². The Morgan fingerprint density at radius 3 is 2.25 bits per heavy atom. The van der Waals surface area contributed by atoms with Gasteiger partial charge in [0, 0.05) is 17.1 Å². The maximum absolute atomic E-state index is 13.7. The highest BCUT2D eigenvalue weighted by molar-refractivity contribution is 9.10. The van der Waals surface area contributed by atoms with Crippen LogP contribution in [0.3, 0.4) is 0 Å². The van der Waals surface area contributed by atoms with E-state index in [1.165, 1.54) is 6.42 Å². The molecular weight excluding hydrogens is 542 g/mol. The lowest BCUT2D eigenvalue weighted by molar-refractivity contribution is -0.140. The second-order valence-corrected chi connectivity index (χ2v) is 12.2. The van der Waals surface area contributed by atoms with Crippen molar-refractivity contribution in [3.63, 3.8) is 0 Å². The van der Waals surface area contributed by atoms with Crippen molar-refractivity contribution < 1.29 is 18.0 Å². The monoisotopic (exact) mass is 577 g/mol. The zero-order chi connectivity index (χ0) is 26.1. The maximum atomic E-state index is 13.7. The first-order valence-corrected chi connectivity index (χ1v) is 15.2. The highest BCUT2D eigenvalue weighted by Gasteiger charge is 2.32. The van der Waals surface area contributed by atoms with E-state index in [0.717, 1.165) is 46.3 Å². The van der Waals surface area contributed by atoms with Crippen molar-refractivity contribution in [1.82, 2.24) is 10.2 Å². The summed E-state index contributed by atoms with van der Waals surface area (Å²) in [6, 6.07) is 16.0. The molecule has 1 fully saturated rings. The molecule has 36 heavy (non-hydrogen) atoms. The molecule has 0 aromatic heterocycles. The fourth-order valence-corrected chi connectivity index (χ4v) is 5.78. The summed E-state index contributed by atoms with van der Waals surface area (Å²) >= 11 is 3.36. The number of rotatable bonds is 11. The van der Waals surface area contributed by atoms with Crippen LogP contribution in [0.25, 0.3) is 0 Å². The molecule has 1 saturated carbocycles. The van der Waals surface area contributed by atoms with Gasteiger partial charge < -0.3 is 10.2 Å². The van der Waals surface area contributed by atoms with Crippen LogP contribution in [0, 0.1) is 0 Å². The quantitative estimate of drug-likeness (QED) is 0.425. The summed E-state index contributed by atoms with van der Waals surface area (Å²) in [5, 5.41) is 3.15. The van der Waals surface area contributed by atoms with Gasteiger partial charge in [-0.15, -0.1) is 0 Å². The molecule has 3 rings (SSSR count). The number of sulfonamides is 1. The molecule has 0 aliphatic heterocycles. The lowest BCUT2D eigenvalue weighted by atomic mass is 9.95. The number of nitrogens with zero attached hydrogens (tertiary/aromatic N) is 2. The number of anilines is 1. The summed E-state index contributed by atoms with van der Waals surface area (Å²) in [5.41, 5.74) is 1.45. The average molecular weight is 579 g/mol. The predicted molar refractivity (Wildman–Crippen MR) is 147 cm³/mol. The van der Waals surface area contributed by atoms with Gasteiger partial charge in [0.1, 0.15) is 12.6 Å². The van der Waals surface area contributed by atoms with Crippen LogP contribution in [0.15, 0.2) is 59.1 Å². The normalized spacial score (nSPS) is 15.2. The second kappa shape index (κ2) is 13.2. The van der Waals surface area contributed by atoms with Crippen molar-refractivity contribution in [3.8, 4) is 0 Å². The van der Waals surface area contributed by atoms with Gasteiger partial charge in [0.25, 0.3) is 0 Å². The van der Waals surface area contributed by atoms with Crippen LogP contribution in [0.5, 0.6) is 0 Å². The van der Waals surface area contributed by atoms with E-state index >= 15 is 0 Å². The molecule has 0 spiro atoms. The van der Waals surface area contributed by atoms with E-state index in [1.54, 1.807) is 29.2 Å². The Morgan fingerprint density at radius 1 is 1.03 bits per heavy atom. The molecule has 2 amide bonds. The van der Waals surface area contributed by atoms with Gasteiger partial charge in [0.05, 0.1) is 11.9 Å². The minimum atomic E-state index is -3.73. The van der Waals surface area contributed by atoms with Crippen molar-refractivity contribution in [2.45, 2.75) is 64.0 Å². The molecular formula is C27H36BrN3O4S. The number of carbonyl (C=O) groups excluding carboxylic acids is 2. The first kappa shape index (κ1) is 28.2. The number of hydrogen-bond donors (Lipinski definition) is 1. The minimum Gasteiger partial charge on any atom is -0.352 e. The van der Waals surface area contributed by atoms with Gasteiger partial charge in [-0.25, -0.2) is 8.42 Å². The smallest absolute Gasteiger partial charge is 0.244 e. The van der Waals surface area contributed by atoms with Gasteiger partial charge >= 0.3 is 0 Å². The highest BCUT2D eigenvalue weighted by atomic mass is 79.9. The first-order chi connectivity index (χ1) is 17.2. The number of halogens is 1. The summed E-state index contributed by atoms with van der Waals surface area (Å²) in [5.74, 6) is -0.565. The molecule has 9 heteroatoms. The van der Waals surface area contributed by atoms with Crippen molar-refractivity contribution in [3.05, 3.63) is 64.6 Å². The lowest BCUT2D eigenvalue weighted by Crippen LogP contribution is -2.54. The molecule has 1 N–H and O–H groups in total. The molecule has 196 valence electrons. The van der Waals surface area contributed by atoms with Crippen LogP contribution in [-0.4, -0.2) is 56.6 Å². The molecule has 2 aromatic rings. The first-order valence-electron chi connectivity index (χ1n) is 12.6. The third-order valence-corrected chi connectivity index (χ3v) is 8.28. The van der Waals surface area contributed by atoms with Crippen LogP contribution in [0.1, 0.15) is 51.0 Å². The average Bonchev–Trinajstić information content (AvgIpc) is 2.86. The highest BCUT2D eigenvalue weighted by Crippen LogP contribution is 2.22. The van der Waals surface area contributed by atoms with Crippen LogP contribution in [0.2, 0.25) is 0 Å². The number of nitrogens with one attached hydrogen (secondary N) is 1. The SMILES string of the molecule is CC[C@H](C(=O)NC1CCCCC1)N(CCc1ccccc1)C(=O)CN(c1ccc(Br)cc1)S(C)(=O)=O. The molecule has 1 atom stereocenters. The van der Waals surface area contributed by atoms with Gasteiger partial charge in [-0.05, 0) is 55.5 Å². The number of benzene rings is 2. The summed E-state index contributed by atoms with van der Waals surface area (Å²) in [7, 11) is -3.73. The Kier molecular flexibility index (Phi) is 10.4. The maximum Gasteiger partial charge on any atom is 0.244 e. The zero-order valence-corrected chi connectivity index (χ0v) is 23.4. The summed E-state index contributed by atoms with van der Waals surface area (Å²) in [4.78, 5) is 28.6. The molecule has 0 heterocycles. The van der Waals surface area contributed by atoms with E-state index < -0.39 is 22.0 Å². The molecule has 1 aliphatic carbocycles. The summed E-state index contributed by atoms with van der Waals surface area (Å²) < 4.78 is 27.2. The van der Waals surface area contributed by atoms with Gasteiger partial charge in [0.15, 0.2) is 0 Å². The standard InChI is InChI=1S/C27H36BrN3O4S/c1-3-25(27(33)29-23-12-8-5-9-13-23)30(19-18-21-10-6-4-7-11-21)26(32)20-31(36(2,34)35)24-16-14-22(28)15-17-24/h4,6-7,10-11,14-17,23,25H,3,5,8-9,12-13,18-20H2,1-2H3,(H,29,33)/t25-/m1/s1. The van der Waals surface area contributed by atoms with Gasteiger partial charge in [-0.1, -0.05) is 72.4 Å². The van der Waals surface area contributed by atoms with E-state index in [1.807, 2.05) is 37.3 Å². The fraction of sp³-hybridized carbons (Fsp3) is 0.481. The predicted octanol–water partition coefficient (Wildman–Crippen LogP) is 4.51. The number of hydrogen-bond acceptors (Lipinski definition) is 4. The second-order valence-electron chi connectivity index (χ2n) is 9.34. The van der Waals surface area contributed by atoms with Crippen molar-refractivity contribution in [2.24, 2.45) is 0 Å². The Balaban J connectivity index is 1.84. The van der Waals surface area contributed by atoms with Crippen LogP contribution in [-0.2, 0) is 26.0 Å². The third-order valence-electron chi connectivity index (χ3n) is 6.62. The van der Waals surface area contributed by atoms with Crippen LogP contribution < -0.4 is 9.62 Å². The van der Waals surface area contributed by atoms with E-state index in [-0.39, 0.29) is 18.5 Å². The topological polar surface area (TPSA) is 86.8 Å². The molecule has 1 aliphatic rings. The zero-order valence-electron chi connectivity index (χ0n) is 21.0. The molecule has 0 unspecified atom stereocenters. The molecule has 0 bridgehead atoms. The number of amides is 2. The van der Waals surface area contributed by atoms with Crippen molar-refractivity contribution in [2.75, 3.05) is 23.7 Å². The van der Waals surface area contributed by atoms with Gasteiger partial charge in [-0.3, -0.25) is 13.9 Å². The molecule has 2 aromatic carbocycles. The Bertz CT molecular complexity index is 1100. The Hall–Kier alpha value is -2.39. The molecule has 0 radical (unpaired) electrons. The summed E-state index contributed by atoms with van der Waals surface area (Å²) in [6.45, 7) is 1.83. The fourth-order valence-electron chi connectivity index (χ4n) is 4.66. The van der Waals surface area contributed by atoms with Crippen molar-refractivity contribution >= 4 is 43.5 Å². The largest absolute Gasteiger partial charge is 0.352 e. The van der Waals surface area contributed by atoms with Gasteiger partial charge in [0.2, 0.25) is 21.8 Å². The third kappa shape index (κ3) is 8.06. The van der Waals surface area contributed by atoms with Crippen LogP contribution in [0.4, 0.5) is 5.69 Å². The number of carbonyl (C=O) groups is 2. The van der Waals surface area contributed by atoms with Crippen molar-refractivity contribution in [1.29, 1.82) is 0 Å². The molecule has 0 saturated heterocycles. The van der Waals surface area contributed by atoms with E-state index in [2.05, 4.69) is 21.2 Å². The Morgan fingerprint density at radius 2 is 1.67 bits per heavy atom. The van der Waals surface area contributed by atoms with E-state index in [4.69, 9.17) is 0 Å². The van der Waals surface area contributed by atoms with E-state index in [9.17, 15) is 18.0 Å². The Labute approximate surface area is 223 Å². The van der Waals surface area contributed by atoms with Gasteiger partial charge in [-0.2, -0.15) is 0 Å². The van der Waals surface area contributed by atoms with E-state index in [0.29, 0.717) is 25.1 Å².